The molecule has 1 aromatic heterocycles. The average Bonchev–Trinajstić information content (AvgIpc) is 3.30. The van der Waals surface area contributed by atoms with E-state index in [0.29, 0.717) is 58.4 Å². The quantitative estimate of drug-likeness (QED) is 0.281. The SMILES string of the molecule is C#Cc1cccc2cc(O)cc(-c3ccc4c(N5CC6CCC(C5)N6)nc(OCC5(CN6CC7COCC7C6)CC5)nc4c3F)c12. The maximum absolute atomic E-state index is 16.9. The predicted octanol–water partition coefficient (Wildman–Crippen LogP) is 4.95. The van der Waals surface area contributed by atoms with Gasteiger partial charge in [-0.15, -0.1) is 6.42 Å². The third-order valence-corrected chi connectivity index (χ3v) is 11.0. The molecule has 5 aliphatic rings. The summed E-state index contributed by atoms with van der Waals surface area (Å²) >= 11 is 0. The molecular formula is C37H38FN5O3. The van der Waals surface area contributed by atoms with Gasteiger partial charge >= 0.3 is 6.01 Å². The molecule has 4 unspecified atom stereocenters. The molecule has 4 aromatic rings. The minimum Gasteiger partial charge on any atom is -0.508 e. The zero-order valence-corrected chi connectivity index (χ0v) is 25.8. The number of anilines is 1. The van der Waals surface area contributed by atoms with Gasteiger partial charge in [0, 0.05) is 84.0 Å². The van der Waals surface area contributed by atoms with Gasteiger partial charge in [-0.3, -0.25) is 0 Å². The molecule has 46 heavy (non-hydrogen) atoms. The topological polar surface area (TPSA) is 83.0 Å². The minimum atomic E-state index is -0.477. The van der Waals surface area contributed by atoms with Crippen LogP contribution >= 0.6 is 0 Å². The molecule has 2 bridgehead atoms. The Balaban J connectivity index is 1.10. The van der Waals surface area contributed by atoms with E-state index in [1.54, 1.807) is 18.2 Å². The first-order chi connectivity index (χ1) is 22.4. The van der Waals surface area contributed by atoms with Gasteiger partial charge in [-0.2, -0.15) is 9.97 Å². The van der Waals surface area contributed by atoms with Gasteiger partial charge in [-0.25, -0.2) is 4.39 Å². The zero-order chi connectivity index (χ0) is 31.0. The van der Waals surface area contributed by atoms with Crippen LogP contribution in [0.25, 0.3) is 32.8 Å². The molecule has 1 aliphatic carbocycles. The van der Waals surface area contributed by atoms with E-state index in [4.69, 9.17) is 25.9 Å². The van der Waals surface area contributed by atoms with Crippen molar-refractivity contribution in [3.8, 4) is 35.2 Å². The van der Waals surface area contributed by atoms with E-state index in [0.717, 1.165) is 82.4 Å². The number of aromatic hydroxyl groups is 1. The van der Waals surface area contributed by atoms with E-state index in [2.05, 4.69) is 21.0 Å². The summed E-state index contributed by atoms with van der Waals surface area (Å²) in [4.78, 5) is 14.6. The molecular weight excluding hydrogens is 581 g/mol. The van der Waals surface area contributed by atoms with Crippen LogP contribution in [0.2, 0.25) is 0 Å². The molecule has 0 spiro atoms. The smallest absolute Gasteiger partial charge is 0.319 e. The van der Waals surface area contributed by atoms with Crippen molar-refractivity contribution in [2.24, 2.45) is 17.3 Å². The Morgan fingerprint density at radius 1 is 1.02 bits per heavy atom. The lowest BCUT2D eigenvalue weighted by molar-refractivity contribution is 0.131. The first-order valence-corrected chi connectivity index (χ1v) is 16.6. The number of nitrogens with one attached hydrogen (secondary N) is 1. The lowest BCUT2D eigenvalue weighted by Gasteiger charge is -2.34. The second kappa shape index (κ2) is 10.8. The van der Waals surface area contributed by atoms with Crippen LogP contribution < -0.4 is 15.0 Å². The number of likely N-dealkylation sites (tertiary alicyclic amines) is 1. The van der Waals surface area contributed by atoms with Crippen LogP contribution in [0.15, 0.2) is 42.5 Å². The van der Waals surface area contributed by atoms with E-state index in [1.807, 2.05) is 24.3 Å². The molecule has 0 radical (unpaired) electrons. The Bertz CT molecular complexity index is 1880. The van der Waals surface area contributed by atoms with Gasteiger partial charge in [0.1, 0.15) is 17.1 Å². The van der Waals surface area contributed by atoms with Crippen LogP contribution in [0.4, 0.5) is 10.2 Å². The van der Waals surface area contributed by atoms with Gasteiger partial charge in [0.15, 0.2) is 5.82 Å². The third kappa shape index (κ3) is 4.86. The summed E-state index contributed by atoms with van der Waals surface area (Å²) in [5.41, 5.74) is 1.80. The molecule has 0 amide bonds. The highest BCUT2D eigenvalue weighted by Crippen LogP contribution is 2.48. The highest BCUT2D eigenvalue weighted by atomic mass is 19.1. The molecule has 2 N–H and O–H groups in total. The highest BCUT2D eigenvalue weighted by molar-refractivity contribution is 6.04. The fraction of sp³-hybridized carbons (Fsp3) is 0.459. The summed E-state index contributed by atoms with van der Waals surface area (Å²) in [5, 5.41) is 16.4. The number of hydrogen-bond acceptors (Lipinski definition) is 8. The molecule has 3 aromatic carbocycles. The summed E-state index contributed by atoms with van der Waals surface area (Å²) in [5.74, 6) is 4.31. The number of halogens is 1. The van der Waals surface area contributed by atoms with Crippen LogP contribution in [-0.2, 0) is 4.74 Å². The average molecular weight is 620 g/mol. The van der Waals surface area contributed by atoms with Crippen LogP contribution in [0.3, 0.4) is 0 Å². The molecule has 9 rings (SSSR count). The van der Waals surface area contributed by atoms with E-state index < -0.39 is 5.82 Å². The van der Waals surface area contributed by atoms with Crippen molar-refractivity contribution in [1.29, 1.82) is 0 Å². The molecule has 5 heterocycles. The van der Waals surface area contributed by atoms with Gasteiger partial charge in [0.25, 0.3) is 0 Å². The van der Waals surface area contributed by atoms with Crippen molar-refractivity contribution < 1.29 is 19.0 Å². The molecule has 4 atom stereocenters. The number of nitrogens with zero attached hydrogens (tertiary/aromatic N) is 4. The molecule has 5 fully saturated rings. The summed E-state index contributed by atoms with van der Waals surface area (Å²) in [7, 11) is 0. The summed E-state index contributed by atoms with van der Waals surface area (Å²) in [6.45, 7) is 7.06. The maximum atomic E-state index is 16.9. The standard InChI is InChI=1S/C37H38FN5O3/c1-2-22-4-3-5-23-12-28(44)13-31(32(22)23)29-8-9-30-34(33(29)38)40-36(41-35(30)43-16-26-6-7-27(17-43)39-26)46-21-37(10-11-37)20-42-14-24-18-45-19-25(24)15-42/h1,3-5,8-9,12-13,24-27,39,44H,6-7,10-11,14-21H2. The van der Waals surface area contributed by atoms with Crippen LogP contribution in [-0.4, -0.2) is 84.6 Å². The van der Waals surface area contributed by atoms with Gasteiger partial charge in [-0.05, 0) is 60.9 Å². The Hall–Kier alpha value is -3.97. The fourth-order valence-electron chi connectivity index (χ4n) is 8.48. The number of terminal acetylenes is 1. The van der Waals surface area contributed by atoms with Crippen LogP contribution in [0, 0.1) is 35.4 Å². The number of ether oxygens (including phenoxy) is 2. The minimum absolute atomic E-state index is 0.0451. The van der Waals surface area contributed by atoms with Gasteiger partial charge < -0.3 is 29.7 Å². The van der Waals surface area contributed by atoms with Crippen LogP contribution in [0.1, 0.15) is 31.2 Å². The first-order valence-electron chi connectivity index (χ1n) is 16.6. The maximum Gasteiger partial charge on any atom is 0.319 e. The normalized spacial score (nSPS) is 26.5. The van der Waals surface area contributed by atoms with Crippen molar-refractivity contribution in [2.45, 2.75) is 37.8 Å². The fourth-order valence-corrected chi connectivity index (χ4v) is 8.48. The van der Waals surface area contributed by atoms with Crippen molar-refractivity contribution in [2.75, 3.05) is 57.4 Å². The van der Waals surface area contributed by atoms with Gasteiger partial charge in [0.05, 0.1) is 19.8 Å². The molecule has 4 aliphatic heterocycles. The molecule has 8 nitrogen and oxygen atoms in total. The number of phenolic OH excluding ortho intramolecular Hbond substituents is 1. The number of rotatable bonds is 7. The van der Waals surface area contributed by atoms with Crippen molar-refractivity contribution >= 4 is 27.5 Å². The number of fused-ring (bicyclic) bond motifs is 5. The first kappa shape index (κ1) is 28.3. The Morgan fingerprint density at radius 3 is 2.54 bits per heavy atom. The largest absolute Gasteiger partial charge is 0.508 e. The third-order valence-electron chi connectivity index (χ3n) is 11.0. The van der Waals surface area contributed by atoms with Crippen LogP contribution in [0.5, 0.6) is 11.8 Å². The van der Waals surface area contributed by atoms with Crippen molar-refractivity contribution in [1.82, 2.24) is 20.2 Å². The highest BCUT2D eigenvalue weighted by Gasteiger charge is 2.48. The van der Waals surface area contributed by atoms with E-state index in [1.165, 1.54) is 0 Å². The molecule has 236 valence electrons. The van der Waals surface area contributed by atoms with Crippen molar-refractivity contribution in [3.63, 3.8) is 0 Å². The zero-order valence-electron chi connectivity index (χ0n) is 25.8. The Labute approximate surface area is 267 Å². The molecule has 4 saturated heterocycles. The summed E-state index contributed by atoms with van der Waals surface area (Å²) in [6.07, 6.45) is 10.3. The second-order valence-corrected chi connectivity index (χ2v) is 14.3. The monoisotopic (exact) mass is 619 g/mol. The lowest BCUT2D eigenvalue weighted by Crippen LogP contribution is -2.51. The molecule has 9 heteroatoms. The van der Waals surface area contributed by atoms with E-state index >= 15 is 4.39 Å². The predicted molar refractivity (Wildman–Crippen MR) is 176 cm³/mol. The van der Waals surface area contributed by atoms with Gasteiger partial charge in [-0.1, -0.05) is 24.1 Å². The Kier molecular flexibility index (Phi) is 6.64. The Morgan fingerprint density at radius 2 is 1.80 bits per heavy atom. The van der Waals surface area contributed by atoms with E-state index in [9.17, 15) is 5.11 Å². The summed E-state index contributed by atoms with van der Waals surface area (Å²) < 4.78 is 29.0. The number of hydrogen-bond donors (Lipinski definition) is 2. The second-order valence-electron chi connectivity index (χ2n) is 14.3. The van der Waals surface area contributed by atoms with Gasteiger partial charge in [0.2, 0.25) is 0 Å². The number of aromatic nitrogens is 2. The van der Waals surface area contributed by atoms with Crippen molar-refractivity contribution in [3.05, 3.63) is 53.8 Å². The number of benzene rings is 3. The number of piperazine rings is 1. The number of phenols is 1. The summed E-state index contributed by atoms with van der Waals surface area (Å²) in [6, 6.07) is 13.4. The van der Waals surface area contributed by atoms with E-state index in [-0.39, 0.29) is 22.7 Å². The molecule has 1 saturated carbocycles. The lowest BCUT2D eigenvalue weighted by atomic mass is 9.93.